The Bertz CT molecular complexity index is 1680. The van der Waals surface area contributed by atoms with Crippen LogP contribution < -0.4 is 15.8 Å². The Kier molecular flexibility index (Phi) is 8.38. The summed E-state index contributed by atoms with van der Waals surface area (Å²) in [5.41, 5.74) is 5.47. The minimum atomic E-state index is -0.205. The normalized spacial score (nSPS) is 15.2. The zero-order chi connectivity index (χ0) is 28.9. The number of H-pyrrole nitrogens is 1. The number of halogens is 1. The molecule has 0 radical (unpaired) electrons. The number of nitrogens with zero attached hydrogens (tertiary/aromatic N) is 1. The van der Waals surface area contributed by atoms with Gasteiger partial charge in [0.15, 0.2) is 0 Å². The third kappa shape index (κ3) is 5.97. The summed E-state index contributed by atoms with van der Waals surface area (Å²) in [6.07, 6.45) is 2.43. The van der Waals surface area contributed by atoms with E-state index >= 15 is 0 Å². The second-order valence-electron chi connectivity index (χ2n) is 11.0. The predicted octanol–water partition coefficient (Wildman–Crippen LogP) is 7.40. The fourth-order valence-electron chi connectivity index (χ4n) is 6.23. The number of piperidine rings is 1. The van der Waals surface area contributed by atoms with Crippen molar-refractivity contribution in [2.24, 2.45) is 5.92 Å². The van der Waals surface area contributed by atoms with Crippen molar-refractivity contribution < 1.29 is 4.79 Å². The number of nitrogens with one attached hydrogen (secondary N) is 2. The molecule has 2 heterocycles. The van der Waals surface area contributed by atoms with Crippen molar-refractivity contribution in [3.05, 3.63) is 136 Å². The van der Waals surface area contributed by atoms with Crippen LogP contribution >= 0.6 is 11.6 Å². The van der Waals surface area contributed by atoms with E-state index in [4.69, 9.17) is 11.6 Å². The minimum Gasteiger partial charge on any atom is -0.366 e. The summed E-state index contributed by atoms with van der Waals surface area (Å²) in [6.45, 7) is 1.78. The SMILES string of the molecule is O=C(NCCC(c1ccccc1)c1ccccc1)[C@H]1CCCN(c2c(-c3ccccc3)c3cc(Cl)ccc3[nH]c2=O)C1. The number of carbonyl (C=O) groups excluding carboxylic acids is 1. The van der Waals surface area contributed by atoms with Crippen molar-refractivity contribution in [1.82, 2.24) is 10.3 Å². The predicted molar refractivity (Wildman–Crippen MR) is 172 cm³/mol. The molecule has 0 spiro atoms. The van der Waals surface area contributed by atoms with Gasteiger partial charge in [-0.1, -0.05) is 103 Å². The summed E-state index contributed by atoms with van der Waals surface area (Å²) in [6, 6.07) is 36.4. The van der Waals surface area contributed by atoms with Crippen molar-refractivity contribution >= 4 is 34.1 Å². The summed E-state index contributed by atoms with van der Waals surface area (Å²) in [7, 11) is 0. The Morgan fingerprint density at radius 1 is 0.905 bits per heavy atom. The van der Waals surface area contributed by atoms with E-state index in [2.05, 4.69) is 63.7 Å². The highest BCUT2D eigenvalue weighted by Gasteiger charge is 2.29. The molecule has 1 saturated heterocycles. The first-order chi connectivity index (χ1) is 20.6. The molecule has 1 aromatic heterocycles. The number of aromatic nitrogens is 1. The monoisotopic (exact) mass is 575 g/mol. The maximum absolute atomic E-state index is 13.6. The topological polar surface area (TPSA) is 65.2 Å². The van der Waals surface area contributed by atoms with Crippen molar-refractivity contribution in [3.8, 4) is 11.1 Å². The van der Waals surface area contributed by atoms with Gasteiger partial charge in [0, 0.05) is 47.0 Å². The molecule has 42 heavy (non-hydrogen) atoms. The van der Waals surface area contributed by atoms with E-state index in [1.54, 1.807) is 6.07 Å². The second kappa shape index (κ2) is 12.7. The number of fused-ring (bicyclic) bond motifs is 1. The van der Waals surface area contributed by atoms with Crippen LogP contribution in [0.5, 0.6) is 0 Å². The highest BCUT2D eigenvalue weighted by atomic mass is 35.5. The summed E-state index contributed by atoms with van der Waals surface area (Å²) >= 11 is 6.41. The maximum Gasteiger partial charge on any atom is 0.272 e. The average Bonchev–Trinajstić information content (AvgIpc) is 3.04. The Labute approximate surface area is 251 Å². The van der Waals surface area contributed by atoms with Crippen LogP contribution in [0.25, 0.3) is 22.0 Å². The molecule has 0 aliphatic carbocycles. The molecule has 1 amide bonds. The molecule has 4 aromatic carbocycles. The lowest BCUT2D eigenvalue weighted by Crippen LogP contribution is -2.45. The molecule has 6 heteroatoms. The number of carbonyl (C=O) groups is 1. The molecule has 1 aliphatic heterocycles. The molecule has 1 aliphatic rings. The maximum atomic E-state index is 13.6. The van der Waals surface area contributed by atoms with Gasteiger partial charge < -0.3 is 15.2 Å². The number of rotatable bonds is 8. The number of amides is 1. The molecular weight excluding hydrogens is 542 g/mol. The van der Waals surface area contributed by atoms with Gasteiger partial charge in [-0.2, -0.15) is 0 Å². The summed E-state index contributed by atoms with van der Waals surface area (Å²) in [4.78, 5) is 32.2. The molecule has 0 saturated carbocycles. The first kappa shape index (κ1) is 27.8. The van der Waals surface area contributed by atoms with E-state index in [-0.39, 0.29) is 23.3 Å². The van der Waals surface area contributed by atoms with Crippen LogP contribution in [-0.2, 0) is 4.79 Å². The van der Waals surface area contributed by atoms with E-state index in [0.717, 1.165) is 41.3 Å². The molecular formula is C36H34ClN3O2. The fraction of sp³-hybridized carbons (Fsp3) is 0.222. The quantitative estimate of drug-likeness (QED) is 0.202. The third-order valence-corrected chi connectivity index (χ3v) is 8.49. The molecule has 1 fully saturated rings. The van der Waals surface area contributed by atoms with Gasteiger partial charge in [-0.25, -0.2) is 0 Å². The Morgan fingerprint density at radius 2 is 1.55 bits per heavy atom. The lowest BCUT2D eigenvalue weighted by Gasteiger charge is -2.34. The number of pyridine rings is 1. The van der Waals surface area contributed by atoms with Crippen molar-refractivity contribution in [2.45, 2.75) is 25.2 Å². The van der Waals surface area contributed by atoms with Gasteiger partial charge in [-0.05, 0) is 54.2 Å². The molecule has 0 unspecified atom stereocenters. The van der Waals surface area contributed by atoms with Gasteiger partial charge in [-0.15, -0.1) is 0 Å². The van der Waals surface area contributed by atoms with Crippen LogP contribution in [0.3, 0.4) is 0 Å². The molecule has 6 rings (SSSR count). The summed E-state index contributed by atoms with van der Waals surface area (Å²) in [5, 5.41) is 4.72. The van der Waals surface area contributed by atoms with Gasteiger partial charge in [0.05, 0.1) is 5.92 Å². The highest BCUT2D eigenvalue weighted by Crippen LogP contribution is 2.37. The smallest absolute Gasteiger partial charge is 0.272 e. The van der Waals surface area contributed by atoms with Crippen LogP contribution in [0, 0.1) is 5.92 Å². The lowest BCUT2D eigenvalue weighted by molar-refractivity contribution is -0.125. The van der Waals surface area contributed by atoms with E-state index in [1.165, 1.54) is 11.1 Å². The van der Waals surface area contributed by atoms with Gasteiger partial charge in [0.1, 0.15) is 5.69 Å². The van der Waals surface area contributed by atoms with Gasteiger partial charge in [0.25, 0.3) is 5.56 Å². The van der Waals surface area contributed by atoms with Gasteiger partial charge in [-0.3, -0.25) is 9.59 Å². The summed E-state index contributed by atoms with van der Waals surface area (Å²) in [5.74, 6) is 0.0387. The van der Waals surface area contributed by atoms with Crippen LogP contribution in [0.4, 0.5) is 5.69 Å². The fourth-order valence-corrected chi connectivity index (χ4v) is 6.40. The number of hydrogen-bond acceptors (Lipinski definition) is 3. The molecule has 0 bridgehead atoms. The zero-order valence-corrected chi connectivity index (χ0v) is 24.2. The zero-order valence-electron chi connectivity index (χ0n) is 23.4. The lowest BCUT2D eigenvalue weighted by atomic mass is 9.88. The van der Waals surface area contributed by atoms with Crippen molar-refractivity contribution in [1.29, 1.82) is 0 Å². The molecule has 5 nitrogen and oxygen atoms in total. The first-order valence-electron chi connectivity index (χ1n) is 14.6. The standard InChI is InChI=1S/C36H34ClN3O2/c37-29-18-19-32-31(23-29)33(27-15-8-3-9-16-27)34(36(42)39-32)40-22-10-17-28(24-40)35(41)38-21-20-30(25-11-4-1-5-12-25)26-13-6-2-7-14-26/h1-9,11-16,18-19,23,28,30H,10,17,20-22,24H2,(H,38,41)(H,39,42)/t28-/m0/s1. The molecule has 5 aromatic rings. The van der Waals surface area contributed by atoms with Crippen LogP contribution in [0.15, 0.2) is 114 Å². The highest BCUT2D eigenvalue weighted by molar-refractivity contribution is 6.31. The number of benzene rings is 4. The van der Waals surface area contributed by atoms with Gasteiger partial charge >= 0.3 is 0 Å². The largest absolute Gasteiger partial charge is 0.366 e. The summed E-state index contributed by atoms with van der Waals surface area (Å²) < 4.78 is 0. The van der Waals surface area contributed by atoms with E-state index in [0.29, 0.717) is 30.3 Å². The Hall–Kier alpha value is -4.35. The van der Waals surface area contributed by atoms with E-state index < -0.39 is 0 Å². The van der Waals surface area contributed by atoms with Crippen LogP contribution in [0.1, 0.15) is 36.3 Å². The van der Waals surface area contributed by atoms with Gasteiger partial charge in [0.2, 0.25) is 5.91 Å². The van der Waals surface area contributed by atoms with Crippen LogP contribution in [0.2, 0.25) is 5.02 Å². The Morgan fingerprint density at radius 3 is 2.21 bits per heavy atom. The number of hydrogen-bond donors (Lipinski definition) is 2. The minimum absolute atomic E-state index is 0.0427. The van der Waals surface area contributed by atoms with Crippen molar-refractivity contribution in [2.75, 3.05) is 24.5 Å². The average molecular weight is 576 g/mol. The second-order valence-corrected chi connectivity index (χ2v) is 11.4. The third-order valence-electron chi connectivity index (χ3n) is 8.26. The van der Waals surface area contributed by atoms with E-state index in [1.807, 2.05) is 54.6 Å². The molecule has 212 valence electrons. The molecule has 1 atom stereocenters. The van der Waals surface area contributed by atoms with Crippen LogP contribution in [-0.4, -0.2) is 30.5 Å². The Balaban J connectivity index is 1.22. The van der Waals surface area contributed by atoms with Crippen molar-refractivity contribution in [3.63, 3.8) is 0 Å². The number of anilines is 1. The number of aromatic amines is 1. The molecule has 2 N–H and O–H groups in total. The van der Waals surface area contributed by atoms with E-state index in [9.17, 15) is 9.59 Å². The first-order valence-corrected chi connectivity index (χ1v) is 15.0.